The molecule has 1 atom stereocenters. The van der Waals surface area contributed by atoms with Gasteiger partial charge in [0.05, 0.1) is 0 Å². The van der Waals surface area contributed by atoms with Gasteiger partial charge in [-0.2, -0.15) is 0 Å². The topological polar surface area (TPSA) is 49.8 Å². The summed E-state index contributed by atoms with van der Waals surface area (Å²) in [4.78, 5) is 14.2. The maximum Gasteiger partial charge on any atom is 0.246 e. The maximum atomic E-state index is 12.4. The third-order valence-electron chi connectivity index (χ3n) is 5.11. The van der Waals surface area contributed by atoms with Crippen LogP contribution >= 0.6 is 0 Å². The molecule has 0 bridgehead atoms. The van der Waals surface area contributed by atoms with Crippen LogP contribution in [0.1, 0.15) is 56.9 Å². The van der Waals surface area contributed by atoms with Gasteiger partial charge in [0.15, 0.2) is 0 Å². The molecule has 29 heavy (non-hydrogen) atoms. The largest absolute Gasteiger partial charge is 0.486 e. The van der Waals surface area contributed by atoms with Crippen molar-refractivity contribution in [1.29, 1.82) is 0 Å². The van der Waals surface area contributed by atoms with Gasteiger partial charge >= 0.3 is 0 Å². The van der Waals surface area contributed by atoms with Crippen LogP contribution < -0.4 is 4.74 Å². The van der Waals surface area contributed by atoms with Crippen molar-refractivity contribution in [3.63, 3.8) is 0 Å². The van der Waals surface area contributed by atoms with E-state index in [0.717, 1.165) is 34.4 Å². The van der Waals surface area contributed by atoms with Gasteiger partial charge in [-0.15, -0.1) is 0 Å². The number of rotatable bonds is 10. The van der Waals surface area contributed by atoms with Crippen LogP contribution in [0.25, 0.3) is 5.57 Å². The molecule has 1 N–H and O–H groups in total. The molecular formula is C25H33NO3. The molecule has 2 rings (SSSR count). The fourth-order valence-corrected chi connectivity index (χ4v) is 3.28. The molecule has 0 aliphatic heterocycles. The second-order valence-electron chi connectivity index (χ2n) is 7.16. The number of carbonyl (C=O) groups excluding carboxylic acids is 1. The molecule has 2 aromatic rings. The smallest absolute Gasteiger partial charge is 0.246 e. The zero-order valence-electron chi connectivity index (χ0n) is 18.0. The Bertz CT molecular complexity index is 810. The average Bonchev–Trinajstić information content (AvgIpc) is 2.74. The van der Waals surface area contributed by atoms with E-state index in [4.69, 9.17) is 4.74 Å². The molecule has 4 heteroatoms. The fourth-order valence-electron chi connectivity index (χ4n) is 3.28. The number of aliphatic hydroxyl groups excluding tert-OH is 1. The molecule has 2 aromatic carbocycles. The Hall–Kier alpha value is -2.59. The molecule has 0 aromatic heterocycles. The van der Waals surface area contributed by atoms with Gasteiger partial charge in [0.2, 0.25) is 5.91 Å². The normalized spacial score (nSPS) is 12.5. The molecule has 0 fully saturated rings. The number of benzene rings is 2. The molecule has 0 heterocycles. The lowest BCUT2D eigenvalue weighted by Crippen LogP contribution is -2.28. The number of ether oxygens (including phenoxy) is 1. The molecule has 0 spiro atoms. The SMILES string of the molecule is CCN(CC)C(=O)C=C(C)c1ccc(OC(C)c2ccccc2)c(CCCO)c1. The Labute approximate surface area is 174 Å². The van der Waals surface area contributed by atoms with Crippen LogP contribution in [0.5, 0.6) is 5.75 Å². The van der Waals surface area contributed by atoms with Crippen molar-refractivity contribution in [1.82, 2.24) is 4.90 Å². The van der Waals surface area contributed by atoms with Crippen molar-refractivity contribution in [2.24, 2.45) is 0 Å². The minimum absolute atomic E-state index is 0.0300. The highest BCUT2D eigenvalue weighted by Gasteiger charge is 2.13. The van der Waals surface area contributed by atoms with E-state index in [0.29, 0.717) is 19.5 Å². The van der Waals surface area contributed by atoms with Gasteiger partial charge in [-0.25, -0.2) is 0 Å². The third-order valence-corrected chi connectivity index (χ3v) is 5.11. The highest BCUT2D eigenvalue weighted by Crippen LogP contribution is 2.29. The minimum atomic E-state index is -0.0733. The van der Waals surface area contributed by atoms with Gasteiger partial charge in [-0.05, 0) is 74.9 Å². The highest BCUT2D eigenvalue weighted by atomic mass is 16.5. The number of hydrogen-bond acceptors (Lipinski definition) is 3. The molecule has 0 saturated carbocycles. The van der Waals surface area contributed by atoms with E-state index in [1.54, 1.807) is 11.0 Å². The first kappa shape index (κ1) is 22.7. The van der Waals surface area contributed by atoms with E-state index in [1.807, 2.05) is 58.0 Å². The Kier molecular flexibility index (Phi) is 8.94. The summed E-state index contributed by atoms with van der Waals surface area (Å²) in [6, 6.07) is 16.2. The standard InChI is InChI=1S/C25H33NO3/c1-5-26(6-2)25(28)17-19(3)22-14-15-24(23(18-22)13-10-16-27)29-20(4)21-11-8-7-9-12-21/h7-9,11-12,14-15,17-18,20,27H,5-6,10,13,16H2,1-4H3. The zero-order chi connectivity index (χ0) is 21.2. The summed E-state index contributed by atoms with van der Waals surface area (Å²) in [7, 11) is 0. The molecule has 4 nitrogen and oxygen atoms in total. The summed E-state index contributed by atoms with van der Waals surface area (Å²) < 4.78 is 6.24. The number of likely N-dealkylation sites (N-methyl/N-ethyl adjacent to an activating group) is 1. The van der Waals surface area contributed by atoms with Crippen molar-refractivity contribution in [3.8, 4) is 5.75 Å². The summed E-state index contributed by atoms with van der Waals surface area (Å²) in [5, 5.41) is 9.29. The van der Waals surface area contributed by atoms with Gasteiger partial charge in [0, 0.05) is 25.8 Å². The van der Waals surface area contributed by atoms with Crippen molar-refractivity contribution in [3.05, 3.63) is 71.3 Å². The predicted molar refractivity (Wildman–Crippen MR) is 119 cm³/mol. The Balaban J connectivity index is 2.27. The Morgan fingerprint density at radius 2 is 1.83 bits per heavy atom. The monoisotopic (exact) mass is 395 g/mol. The summed E-state index contributed by atoms with van der Waals surface area (Å²) in [5.74, 6) is 0.851. The number of amides is 1. The van der Waals surface area contributed by atoms with Crippen LogP contribution in [0.4, 0.5) is 0 Å². The van der Waals surface area contributed by atoms with Crippen LogP contribution in [-0.2, 0) is 11.2 Å². The fraction of sp³-hybridized carbons (Fsp3) is 0.400. The second kappa shape index (κ2) is 11.4. The van der Waals surface area contributed by atoms with Crippen molar-refractivity contribution in [2.75, 3.05) is 19.7 Å². The van der Waals surface area contributed by atoms with Crippen LogP contribution in [0.15, 0.2) is 54.6 Å². The lowest BCUT2D eigenvalue weighted by atomic mass is 10.00. The number of allylic oxidation sites excluding steroid dienone is 1. The number of aliphatic hydroxyl groups is 1. The van der Waals surface area contributed by atoms with Gasteiger partial charge < -0.3 is 14.7 Å². The van der Waals surface area contributed by atoms with Gasteiger partial charge in [-0.1, -0.05) is 36.4 Å². The first-order valence-corrected chi connectivity index (χ1v) is 10.4. The predicted octanol–water partition coefficient (Wildman–Crippen LogP) is 5.02. The van der Waals surface area contributed by atoms with Crippen LogP contribution in [0, 0.1) is 0 Å². The Morgan fingerprint density at radius 1 is 1.14 bits per heavy atom. The molecule has 156 valence electrons. The molecule has 0 aliphatic carbocycles. The molecule has 1 unspecified atom stereocenters. The third kappa shape index (κ3) is 6.47. The summed E-state index contributed by atoms with van der Waals surface area (Å²) >= 11 is 0. The summed E-state index contributed by atoms with van der Waals surface area (Å²) in [6.45, 7) is 9.49. The number of carbonyl (C=O) groups is 1. The number of nitrogens with zero attached hydrogens (tertiary/aromatic N) is 1. The van der Waals surface area contributed by atoms with E-state index in [1.165, 1.54) is 0 Å². The average molecular weight is 396 g/mol. The van der Waals surface area contributed by atoms with E-state index in [-0.39, 0.29) is 18.6 Å². The van der Waals surface area contributed by atoms with Crippen molar-refractivity contribution in [2.45, 2.75) is 46.6 Å². The summed E-state index contributed by atoms with van der Waals surface area (Å²) in [5.41, 5.74) is 4.08. The summed E-state index contributed by atoms with van der Waals surface area (Å²) in [6.07, 6.45) is 3.01. The number of aryl methyl sites for hydroxylation is 1. The molecule has 0 saturated heterocycles. The van der Waals surface area contributed by atoms with E-state index < -0.39 is 0 Å². The Morgan fingerprint density at radius 3 is 2.45 bits per heavy atom. The zero-order valence-corrected chi connectivity index (χ0v) is 18.0. The van der Waals surface area contributed by atoms with Gasteiger partial charge in [0.1, 0.15) is 11.9 Å². The number of hydrogen-bond donors (Lipinski definition) is 1. The van der Waals surface area contributed by atoms with Crippen LogP contribution in [0.2, 0.25) is 0 Å². The second-order valence-corrected chi connectivity index (χ2v) is 7.16. The van der Waals surface area contributed by atoms with E-state index in [9.17, 15) is 9.90 Å². The van der Waals surface area contributed by atoms with Gasteiger partial charge in [0.25, 0.3) is 0 Å². The first-order valence-electron chi connectivity index (χ1n) is 10.4. The molecular weight excluding hydrogens is 362 g/mol. The lowest BCUT2D eigenvalue weighted by Gasteiger charge is -2.19. The molecule has 0 aliphatic rings. The van der Waals surface area contributed by atoms with Crippen LogP contribution in [-0.4, -0.2) is 35.6 Å². The van der Waals surface area contributed by atoms with Crippen molar-refractivity contribution < 1.29 is 14.6 Å². The molecule has 0 radical (unpaired) electrons. The first-order chi connectivity index (χ1) is 14.0. The highest BCUT2D eigenvalue weighted by molar-refractivity contribution is 5.94. The lowest BCUT2D eigenvalue weighted by molar-refractivity contribution is -0.125. The van der Waals surface area contributed by atoms with Crippen molar-refractivity contribution >= 4 is 11.5 Å². The quantitative estimate of drug-likeness (QED) is 0.575. The van der Waals surface area contributed by atoms with Gasteiger partial charge in [-0.3, -0.25) is 4.79 Å². The van der Waals surface area contributed by atoms with Crippen LogP contribution in [0.3, 0.4) is 0 Å². The maximum absolute atomic E-state index is 12.4. The van der Waals surface area contributed by atoms with E-state index >= 15 is 0 Å². The molecule has 1 amide bonds. The van der Waals surface area contributed by atoms with E-state index in [2.05, 4.69) is 18.2 Å². The minimum Gasteiger partial charge on any atom is -0.486 e.